The summed E-state index contributed by atoms with van der Waals surface area (Å²) in [5, 5.41) is 9.56. The number of nitrogens with zero attached hydrogens (tertiary/aromatic N) is 2. The number of rotatable bonds is 4. The minimum Gasteiger partial charge on any atom is -0.462 e. The lowest BCUT2D eigenvalue weighted by molar-refractivity contribution is -0.0879. The van der Waals surface area contributed by atoms with Crippen LogP contribution in [-0.4, -0.2) is 48.3 Å². The summed E-state index contributed by atoms with van der Waals surface area (Å²) >= 11 is 1.11. The van der Waals surface area contributed by atoms with E-state index in [4.69, 9.17) is 9.84 Å². The van der Waals surface area contributed by atoms with Gasteiger partial charge in [-0.25, -0.2) is 18.6 Å². The minimum absolute atomic E-state index is 0.0271. The zero-order valence-corrected chi connectivity index (χ0v) is 11.8. The monoisotopic (exact) mass is 306 g/mol. The third-order valence-electron chi connectivity index (χ3n) is 3.21. The van der Waals surface area contributed by atoms with Crippen molar-refractivity contribution in [2.24, 2.45) is 5.92 Å². The lowest BCUT2D eigenvalue weighted by Crippen LogP contribution is -2.48. The first-order valence-electron chi connectivity index (χ1n) is 6.34. The maximum Gasteiger partial charge on any atom is 0.350 e. The molecule has 0 aromatic carbocycles. The highest BCUT2D eigenvalue weighted by Crippen LogP contribution is 2.36. The molecule has 112 valence electrons. The van der Waals surface area contributed by atoms with Crippen molar-refractivity contribution in [2.75, 3.05) is 31.2 Å². The fraction of sp³-hybridized carbons (Fsp3) is 0.667. The van der Waals surface area contributed by atoms with Gasteiger partial charge >= 0.3 is 5.97 Å². The van der Waals surface area contributed by atoms with Crippen LogP contribution in [0.15, 0.2) is 6.20 Å². The van der Waals surface area contributed by atoms with Crippen LogP contribution in [0, 0.1) is 5.92 Å². The van der Waals surface area contributed by atoms with Gasteiger partial charge in [0.05, 0.1) is 25.3 Å². The van der Waals surface area contributed by atoms with E-state index < -0.39 is 24.4 Å². The molecule has 0 radical (unpaired) electrons. The van der Waals surface area contributed by atoms with Gasteiger partial charge in [0.2, 0.25) is 0 Å². The van der Waals surface area contributed by atoms with Crippen molar-refractivity contribution in [3.8, 4) is 0 Å². The largest absolute Gasteiger partial charge is 0.462 e. The molecule has 2 heterocycles. The highest BCUT2D eigenvalue weighted by Gasteiger charge is 2.44. The number of aliphatic hydroxyl groups is 1. The Morgan fingerprint density at radius 2 is 2.45 bits per heavy atom. The van der Waals surface area contributed by atoms with Gasteiger partial charge in [-0.05, 0) is 6.92 Å². The molecular formula is C12H16F2N2O3S. The average Bonchev–Trinajstić information content (AvgIpc) is 2.88. The molecule has 0 spiro atoms. The quantitative estimate of drug-likeness (QED) is 0.859. The van der Waals surface area contributed by atoms with Crippen LogP contribution in [0.5, 0.6) is 0 Å². The summed E-state index contributed by atoms with van der Waals surface area (Å²) in [5.41, 5.74) is 0. The van der Waals surface area contributed by atoms with Crippen LogP contribution in [0.4, 0.5) is 13.9 Å². The normalized spacial score (nSPS) is 21.8. The van der Waals surface area contributed by atoms with Gasteiger partial charge in [0.1, 0.15) is 4.88 Å². The van der Waals surface area contributed by atoms with Crippen molar-refractivity contribution in [2.45, 2.75) is 19.3 Å². The summed E-state index contributed by atoms with van der Waals surface area (Å²) in [6.07, 6.45) is 1.06. The number of piperidine rings is 1. The number of halogens is 2. The summed E-state index contributed by atoms with van der Waals surface area (Å²) in [5.74, 6) is -4.42. The van der Waals surface area contributed by atoms with Crippen LogP contribution in [-0.2, 0) is 4.74 Å². The van der Waals surface area contributed by atoms with Gasteiger partial charge in [0.25, 0.3) is 5.92 Å². The molecule has 1 fully saturated rings. The maximum atomic E-state index is 13.5. The van der Waals surface area contributed by atoms with E-state index in [1.165, 1.54) is 6.20 Å². The second-order valence-corrected chi connectivity index (χ2v) is 5.57. The topological polar surface area (TPSA) is 62.7 Å². The van der Waals surface area contributed by atoms with E-state index in [9.17, 15) is 13.6 Å². The van der Waals surface area contributed by atoms with Gasteiger partial charge < -0.3 is 14.7 Å². The van der Waals surface area contributed by atoms with Crippen LogP contribution in [0.3, 0.4) is 0 Å². The summed E-state index contributed by atoms with van der Waals surface area (Å²) < 4.78 is 31.9. The van der Waals surface area contributed by atoms with Crippen LogP contribution >= 0.6 is 11.3 Å². The van der Waals surface area contributed by atoms with Crippen molar-refractivity contribution in [1.29, 1.82) is 0 Å². The molecule has 1 unspecified atom stereocenters. The Labute approximate surface area is 119 Å². The molecule has 0 bridgehead atoms. The first-order chi connectivity index (χ1) is 9.47. The third-order valence-corrected chi connectivity index (χ3v) is 4.25. The van der Waals surface area contributed by atoms with Crippen LogP contribution in [0.2, 0.25) is 0 Å². The lowest BCUT2D eigenvalue weighted by atomic mass is 9.95. The molecule has 0 aliphatic carbocycles. The van der Waals surface area contributed by atoms with Crippen LogP contribution in [0.1, 0.15) is 23.0 Å². The smallest absolute Gasteiger partial charge is 0.350 e. The molecule has 1 aliphatic rings. The fourth-order valence-corrected chi connectivity index (χ4v) is 2.90. The molecule has 1 saturated heterocycles. The Kier molecular flexibility index (Phi) is 4.54. The second-order valence-electron chi connectivity index (χ2n) is 4.56. The van der Waals surface area contributed by atoms with E-state index >= 15 is 0 Å². The number of carbonyl (C=O) groups excluding carboxylic acids is 1. The molecule has 0 amide bonds. The summed E-state index contributed by atoms with van der Waals surface area (Å²) in [4.78, 5) is 17.6. The number of anilines is 1. The molecule has 8 heteroatoms. The predicted octanol–water partition coefficient (Wildman–Crippen LogP) is 1.77. The van der Waals surface area contributed by atoms with Gasteiger partial charge in [0, 0.05) is 19.5 Å². The lowest BCUT2D eigenvalue weighted by Gasteiger charge is -2.37. The van der Waals surface area contributed by atoms with E-state index in [1.807, 2.05) is 0 Å². The van der Waals surface area contributed by atoms with Crippen molar-refractivity contribution in [1.82, 2.24) is 4.98 Å². The summed E-state index contributed by atoms with van der Waals surface area (Å²) in [6.45, 7) is 1.59. The number of hydrogen-bond donors (Lipinski definition) is 1. The maximum absolute atomic E-state index is 13.5. The second kappa shape index (κ2) is 6.01. The molecule has 1 aromatic rings. The minimum atomic E-state index is -2.85. The van der Waals surface area contributed by atoms with Crippen molar-refractivity contribution in [3.05, 3.63) is 11.1 Å². The molecule has 20 heavy (non-hydrogen) atoms. The Morgan fingerprint density at radius 1 is 1.70 bits per heavy atom. The molecule has 2 rings (SSSR count). The Hall–Kier alpha value is -1.28. The van der Waals surface area contributed by atoms with Crippen molar-refractivity contribution >= 4 is 22.4 Å². The Morgan fingerprint density at radius 3 is 3.10 bits per heavy atom. The molecule has 1 aromatic heterocycles. The Balaban J connectivity index is 2.07. The van der Waals surface area contributed by atoms with Crippen LogP contribution < -0.4 is 4.90 Å². The van der Waals surface area contributed by atoms with E-state index in [-0.39, 0.29) is 26.1 Å². The average molecular weight is 306 g/mol. The summed E-state index contributed by atoms with van der Waals surface area (Å²) in [7, 11) is 0. The number of alkyl halides is 2. The molecule has 1 N–H and O–H groups in total. The molecule has 5 nitrogen and oxygen atoms in total. The van der Waals surface area contributed by atoms with Gasteiger partial charge in [0.15, 0.2) is 5.13 Å². The number of carbonyl (C=O) groups is 1. The standard InChI is InChI=1S/C12H16F2N2O3S/c1-2-19-10(18)9-5-15-11(20-9)16-4-3-12(13,14)8(6-16)7-17/h5,8,17H,2-4,6-7H2,1H3. The molecule has 1 atom stereocenters. The Bertz CT molecular complexity index is 481. The van der Waals surface area contributed by atoms with Gasteiger partial charge in [-0.2, -0.15) is 0 Å². The number of aromatic nitrogens is 1. The van der Waals surface area contributed by atoms with Crippen LogP contribution in [0.25, 0.3) is 0 Å². The first kappa shape index (κ1) is 15.1. The van der Waals surface area contributed by atoms with Gasteiger partial charge in [-0.15, -0.1) is 0 Å². The molecule has 1 aliphatic heterocycles. The van der Waals surface area contributed by atoms with E-state index in [0.717, 1.165) is 11.3 Å². The van der Waals surface area contributed by atoms with Crippen molar-refractivity contribution in [3.63, 3.8) is 0 Å². The third kappa shape index (κ3) is 3.06. The molecular weight excluding hydrogens is 290 g/mol. The fourth-order valence-electron chi connectivity index (χ4n) is 2.05. The van der Waals surface area contributed by atoms with Gasteiger partial charge in [-0.3, -0.25) is 0 Å². The number of ether oxygens (including phenoxy) is 1. The van der Waals surface area contributed by atoms with Crippen molar-refractivity contribution < 1.29 is 23.4 Å². The highest BCUT2D eigenvalue weighted by atomic mass is 32.1. The first-order valence-corrected chi connectivity index (χ1v) is 7.16. The zero-order chi connectivity index (χ0) is 14.8. The number of hydrogen-bond acceptors (Lipinski definition) is 6. The zero-order valence-electron chi connectivity index (χ0n) is 11.0. The predicted molar refractivity (Wildman–Crippen MR) is 70.4 cm³/mol. The number of thiazole rings is 1. The SMILES string of the molecule is CCOC(=O)c1cnc(N2CCC(F)(F)C(CO)C2)s1. The number of esters is 1. The van der Waals surface area contributed by atoms with E-state index in [0.29, 0.717) is 10.0 Å². The van der Waals surface area contributed by atoms with E-state index in [1.54, 1.807) is 11.8 Å². The molecule has 0 saturated carbocycles. The summed E-state index contributed by atoms with van der Waals surface area (Å²) in [6, 6.07) is 0. The number of aliphatic hydroxyl groups excluding tert-OH is 1. The van der Waals surface area contributed by atoms with Gasteiger partial charge in [-0.1, -0.05) is 11.3 Å². The van der Waals surface area contributed by atoms with E-state index in [2.05, 4.69) is 4.98 Å². The highest BCUT2D eigenvalue weighted by molar-refractivity contribution is 7.17.